The van der Waals surface area contributed by atoms with Crippen LogP contribution in [0.2, 0.25) is 0 Å². The van der Waals surface area contributed by atoms with Crippen LogP contribution < -0.4 is 9.80 Å². The predicted molar refractivity (Wildman–Crippen MR) is 133 cm³/mol. The molecular formula is C25H29N7O2. The fourth-order valence-electron chi connectivity index (χ4n) is 4.35. The fraction of sp³-hybridized carbons (Fsp3) is 0.360. The quantitative estimate of drug-likeness (QED) is 0.490. The third-order valence-electron chi connectivity index (χ3n) is 6.38. The number of hydrogen-bond acceptors (Lipinski definition) is 7. The SMILES string of the molecule is CC(C)n1cc2c(N(C)Cc3cc4ccccc4cn3)nc(N3CCN(C)C(=O)C3)nc2c1O. The highest BCUT2D eigenvalue weighted by atomic mass is 16.3. The number of rotatable bonds is 5. The molecule has 1 fully saturated rings. The fourth-order valence-corrected chi connectivity index (χ4v) is 4.35. The summed E-state index contributed by atoms with van der Waals surface area (Å²) in [5.74, 6) is 1.26. The van der Waals surface area contributed by atoms with Gasteiger partial charge in [-0.15, -0.1) is 0 Å². The molecule has 1 aromatic carbocycles. The van der Waals surface area contributed by atoms with Crippen molar-refractivity contribution in [1.29, 1.82) is 0 Å². The Bertz CT molecular complexity index is 1380. The van der Waals surface area contributed by atoms with E-state index >= 15 is 0 Å². The molecule has 0 unspecified atom stereocenters. The number of nitrogens with zero attached hydrogens (tertiary/aromatic N) is 7. The predicted octanol–water partition coefficient (Wildman–Crippen LogP) is 3.18. The van der Waals surface area contributed by atoms with Crippen LogP contribution in [0.5, 0.6) is 5.88 Å². The molecule has 9 heteroatoms. The first-order chi connectivity index (χ1) is 16.3. The summed E-state index contributed by atoms with van der Waals surface area (Å²) in [6.45, 7) is 6.00. The van der Waals surface area contributed by atoms with Crippen LogP contribution in [0.15, 0.2) is 42.7 Å². The van der Waals surface area contributed by atoms with Gasteiger partial charge in [-0.2, -0.15) is 4.98 Å². The average molecular weight is 460 g/mol. The van der Waals surface area contributed by atoms with Gasteiger partial charge in [-0.1, -0.05) is 24.3 Å². The number of hydrogen-bond donors (Lipinski definition) is 1. The van der Waals surface area contributed by atoms with E-state index in [4.69, 9.17) is 4.98 Å². The van der Waals surface area contributed by atoms with Crippen LogP contribution in [0.1, 0.15) is 25.6 Å². The highest BCUT2D eigenvalue weighted by Gasteiger charge is 2.26. The lowest BCUT2D eigenvalue weighted by atomic mass is 10.1. The second kappa shape index (κ2) is 8.48. The van der Waals surface area contributed by atoms with E-state index < -0.39 is 0 Å². The molecule has 4 heterocycles. The van der Waals surface area contributed by atoms with E-state index in [2.05, 4.69) is 22.1 Å². The third-order valence-corrected chi connectivity index (χ3v) is 6.38. The monoisotopic (exact) mass is 459 g/mol. The van der Waals surface area contributed by atoms with Crippen LogP contribution in [-0.2, 0) is 11.3 Å². The first-order valence-corrected chi connectivity index (χ1v) is 11.5. The molecule has 0 saturated carbocycles. The van der Waals surface area contributed by atoms with Gasteiger partial charge in [0.15, 0.2) is 0 Å². The summed E-state index contributed by atoms with van der Waals surface area (Å²) in [5.41, 5.74) is 1.40. The molecule has 1 aliphatic heterocycles. The number of pyridine rings is 1. The van der Waals surface area contributed by atoms with Gasteiger partial charge in [0.05, 0.1) is 24.2 Å². The van der Waals surface area contributed by atoms with Gasteiger partial charge in [0.1, 0.15) is 11.3 Å². The number of aromatic hydroxyl groups is 1. The summed E-state index contributed by atoms with van der Waals surface area (Å²) >= 11 is 0. The minimum Gasteiger partial charge on any atom is -0.493 e. The number of benzene rings is 1. The minimum atomic E-state index is 0.0224. The standard InChI is InChI=1S/C25H29N7O2/c1-16(2)32-14-20-22(24(32)34)27-25(31-10-9-29(3)21(33)15-31)28-23(20)30(4)13-19-11-17-7-5-6-8-18(17)12-26-19/h5-8,11-12,14,16,34H,9-10,13,15H2,1-4H3. The Morgan fingerprint density at radius 1 is 1.15 bits per heavy atom. The van der Waals surface area contributed by atoms with Crippen molar-refractivity contribution in [1.82, 2.24) is 24.4 Å². The van der Waals surface area contributed by atoms with E-state index in [-0.39, 0.29) is 24.4 Å². The van der Waals surface area contributed by atoms with Gasteiger partial charge < -0.3 is 24.4 Å². The van der Waals surface area contributed by atoms with Crippen molar-refractivity contribution in [2.75, 3.05) is 43.5 Å². The molecule has 9 nitrogen and oxygen atoms in total. The number of carbonyl (C=O) groups excluding carboxylic acids is 1. The van der Waals surface area contributed by atoms with Gasteiger partial charge in [-0.05, 0) is 25.3 Å². The molecule has 4 aromatic rings. The van der Waals surface area contributed by atoms with Gasteiger partial charge in [-0.3, -0.25) is 9.78 Å². The molecule has 0 spiro atoms. The summed E-state index contributed by atoms with van der Waals surface area (Å²) < 4.78 is 1.80. The van der Waals surface area contributed by atoms with Crippen LogP contribution >= 0.6 is 0 Å². The lowest BCUT2D eigenvalue weighted by Crippen LogP contribution is -2.49. The van der Waals surface area contributed by atoms with E-state index in [9.17, 15) is 9.90 Å². The average Bonchev–Trinajstić information content (AvgIpc) is 3.17. The molecule has 1 amide bonds. The number of fused-ring (bicyclic) bond motifs is 2. The van der Waals surface area contributed by atoms with E-state index in [1.807, 2.05) is 61.3 Å². The Kier molecular flexibility index (Phi) is 5.47. The van der Waals surface area contributed by atoms with E-state index in [0.717, 1.165) is 21.9 Å². The number of anilines is 2. The zero-order valence-electron chi connectivity index (χ0n) is 19.9. The lowest BCUT2D eigenvalue weighted by Gasteiger charge is -2.32. The summed E-state index contributed by atoms with van der Waals surface area (Å²) in [6, 6.07) is 10.3. The van der Waals surface area contributed by atoms with Crippen LogP contribution in [0, 0.1) is 0 Å². The van der Waals surface area contributed by atoms with Crippen molar-refractivity contribution < 1.29 is 9.90 Å². The van der Waals surface area contributed by atoms with Crippen molar-refractivity contribution in [3.8, 4) is 5.88 Å². The molecule has 1 aliphatic rings. The van der Waals surface area contributed by atoms with Crippen LogP contribution in [0.3, 0.4) is 0 Å². The summed E-state index contributed by atoms with van der Waals surface area (Å²) in [5, 5.41) is 13.9. The van der Waals surface area contributed by atoms with E-state index in [1.165, 1.54) is 0 Å². The van der Waals surface area contributed by atoms with Gasteiger partial charge in [0.25, 0.3) is 0 Å². The first-order valence-electron chi connectivity index (χ1n) is 11.5. The third kappa shape index (κ3) is 3.87. The molecule has 34 heavy (non-hydrogen) atoms. The molecule has 0 bridgehead atoms. The topological polar surface area (TPSA) is 90.6 Å². The van der Waals surface area contributed by atoms with Crippen molar-refractivity contribution in [2.24, 2.45) is 0 Å². The molecule has 5 rings (SSSR count). The highest BCUT2D eigenvalue weighted by molar-refractivity contribution is 5.94. The van der Waals surface area contributed by atoms with Gasteiger partial charge >= 0.3 is 0 Å². The number of amides is 1. The van der Waals surface area contributed by atoms with Crippen LogP contribution in [0.4, 0.5) is 11.8 Å². The first kappa shape index (κ1) is 21.9. The molecule has 0 atom stereocenters. The molecule has 0 aliphatic carbocycles. The van der Waals surface area contributed by atoms with E-state index in [1.54, 1.807) is 16.5 Å². The Morgan fingerprint density at radius 2 is 1.91 bits per heavy atom. The molecule has 176 valence electrons. The largest absolute Gasteiger partial charge is 0.493 e. The zero-order valence-corrected chi connectivity index (χ0v) is 19.9. The van der Waals surface area contributed by atoms with Crippen molar-refractivity contribution in [3.05, 3.63) is 48.4 Å². The Morgan fingerprint density at radius 3 is 2.65 bits per heavy atom. The van der Waals surface area contributed by atoms with Gasteiger partial charge in [-0.25, -0.2) is 4.98 Å². The molecule has 1 saturated heterocycles. The van der Waals surface area contributed by atoms with Gasteiger partial charge in [0.2, 0.25) is 17.7 Å². The summed E-state index contributed by atoms with van der Waals surface area (Å²) in [6.07, 6.45) is 3.78. The van der Waals surface area contributed by atoms with Crippen molar-refractivity contribution >= 4 is 39.3 Å². The van der Waals surface area contributed by atoms with Crippen molar-refractivity contribution in [2.45, 2.75) is 26.4 Å². The maximum atomic E-state index is 12.3. The maximum absolute atomic E-state index is 12.3. The maximum Gasteiger partial charge on any atom is 0.242 e. The molecule has 0 radical (unpaired) electrons. The normalized spacial score (nSPS) is 14.6. The summed E-state index contributed by atoms with van der Waals surface area (Å²) in [7, 11) is 3.76. The number of likely N-dealkylation sites (N-methyl/N-ethyl adjacent to an activating group) is 1. The van der Waals surface area contributed by atoms with Crippen molar-refractivity contribution in [3.63, 3.8) is 0 Å². The number of carbonyl (C=O) groups is 1. The van der Waals surface area contributed by atoms with Crippen LogP contribution in [-0.4, -0.2) is 69.2 Å². The Labute approximate surface area is 198 Å². The molecule has 3 aromatic heterocycles. The molecule has 1 N–H and O–H groups in total. The lowest BCUT2D eigenvalue weighted by molar-refractivity contribution is -0.129. The highest BCUT2D eigenvalue weighted by Crippen LogP contribution is 2.35. The minimum absolute atomic E-state index is 0.0224. The molecular weight excluding hydrogens is 430 g/mol. The Balaban J connectivity index is 1.57. The summed E-state index contributed by atoms with van der Waals surface area (Å²) in [4.78, 5) is 32.1. The van der Waals surface area contributed by atoms with E-state index in [0.29, 0.717) is 36.9 Å². The number of aromatic nitrogens is 4. The second-order valence-corrected chi connectivity index (χ2v) is 9.18. The Hall–Kier alpha value is -3.88. The second-order valence-electron chi connectivity index (χ2n) is 9.18. The van der Waals surface area contributed by atoms with Gasteiger partial charge in [0, 0.05) is 51.0 Å². The smallest absolute Gasteiger partial charge is 0.242 e. The zero-order chi connectivity index (χ0) is 24.0. The number of piperazine rings is 1. The van der Waals surface area contributed by atoms with Crippen LogP contribution in [0.25, 0.3) is 21.7 Å².